The fourth-order valence-electron chi connectivity index (χ4n) is 2.31. The van der Waals surface area contributed by atoms with E-state index in [1.807, 2.05) is 0 Å². The number of esters is 1. The quantitative estimate of drug-likeness (QED) is 0.604. The zero-order valence-corrected chi connectivity index (χ0v) is 14.3. The van der Waals surface area contributed by atoms with E-state index in [-0.39, 0.29) is 15.7 Å². The molecule has 1 aromatic heterocycles. The van der Waals surface area contributed by atoms with Gasteiger partial charge in [0.15, 0.2) is 5.69 Å². The van der Waals surface area contributed by atoms with Crippen molar-refractivity contribution in [2.24, 2.45) is 0 Å². The van der Waals surface area contributed by atoms with Crippen molar-refractivity contribution in [1.82, 2.24) is 9.78 Å². The molecule has 0 saturated heterocycles. The Morgan fingerprint density at radius 1 is 1.12 bits per heavy atom. The summed E-state index contributed by atoms with van der Waals surface area (Å²) in [5.41, 5.74) is 1.13. The van der Waals surface area contributed by atoms with Crippen LogP contribution in [-0.4, -0.2) is 22.9 Å². The summed E-state index contributed by atoms with van der Waals surface area (Å²) in [6.45, 7) is 0. The summed E-state index contributed by atoms with van der Waals surface area (Å²) in [5, 5.41) is 4.22. The molecule has 25 heavy (non-hydrogen) atoms. The Morgan fingerprint density at radius 3 is 2.52 bits per heavy atom. The van der Waals surface area contributed by atoms with Crippen LogP contribution in [0, 0.1) is 11.6 Å². The fraction of sp³-hybridized carbons (Fsp3) is 0.0588. The summed E-state index contributed by atoms with van der Waals surface area (Å²) in [6.07, 6.45) is 0. The maximum Gasteiger partial charge on any atom is 0.358 e. The van der Waals surface area contributed by atoms with Gasteiger partial charge in [0, 0.05) is 10.6 Å². The van der Waals surface area contributed by atoms with E-state index in [1.165, 1.54) is 48.2 Å². The summed E-state index contributed by atoms with van der Waals surface area (Å²) in [6, 6.07) is 9.28. The van der Waals surface area contributed by atoms with Gasteiger partial charge < -0.3 is 4.74 Å². The number of aromatic nitrogens is 2. The number of carbonyl (C=O) groups excluding carboxylic acids is 1. The predicted octanol–water partition coefficient (Wildman–Crippen LogP) is 4.91. The standard InChI is InChI=1S/C17H10Cl2F2N2O2/c1-25-17(24)15-8-16(9-4-10(18)6-11(20)5-9)23(22-15)12-2-3-14(21)13(19)7-12/h2-8H,1H3. The number of methoxy groups -OCH3 is 1. The Bertz CT molecular complexity index is 953. The number of nitrogens with zero attached hydrogens (tertiary/aromatic N) is 2. The van der Waals surface area contributed by atoms with Crippen molar-refractivity contribution in [2.75, 3.05) is 7.11 Å². The molecule has 0 aliphatic carbocycles. The van der Waals surface area contributed by atoms with Crippen molar-refractivity contribution in [3.8, 4) is 16.9 Å². The molecule has 2 aromatic carbocycles. The largest absolute Gasteiger partial charge is 0.464 e. The zero-order chi connectivity index (χ0) is 18.1. The molecule has 0 aliphatic heterocycles. The van der Waals surface area contributed by atoms with E-state index in [9.17, 15) is 13.6 Å². The van der Waals surface area contributed by atoms with Gasteiger partial charge in [0.25, 0.3) is 0 Å². The maximum absolute atomic E-state index is 13.7. The number of ether oxygens (including phenoxy) is 1. The highest BCUT2D eigenvalue weighted by Crippen LogP contribution is 2.29. The Labute approximate surface area is 151 Å². The molecule has 0 atom stereocenters. The van der Waals surface area contributed by atoms with Crippen molar-refractivity contribution in [3.63, 3.8) is 0 Å². The van der Waals surface area contributed by atoms with Crippen molar-refractivity contribution in [3.05, 3.63) is 69.8 Å². The minimum absolute atomic E-state index is 0.00155. The van der Waals surface area contributed by atoms with Crippen LogP contribution >= 0.6 is 23.2 Å². The molecule has 0 N–H and O–H groups in total. The Balaban J connectivity index is 2.23. The highest BCUT2D eigenvalue weighted by molar-refractivity contribution is 6.31. The van der Waals surface area contributed by atoms with E-state index in [4.69, 9.17) is 23.2 Å². The van der Waals surface area contributed by atoms with E-state index in [0.717, 1.165) is 6.07 Å². The van der Waals surface area contributed by atoms with Crippen molar-refractivity contribution < 1.29 is 18.3 Å². The first kappa shape index (κ1) is 17.4. The number of hydrogen-bond donors (Lipinski definition) is 0. The molecule has 0 saturated carbocycles. The SMILES string of the molecule is COC(=O)c1cc(-c2cc(F)cc(Cl)c2)n(-c2ccc(F)c(Cl)c2)n1. The van der Waals surface area contributed by atoms with Crippen LogP contribution in [0.1, 0.15) is 10.5 Å². The molecule has 0 aliphatic rings. The van der Waals surface area contributed by atoms with Gasteiger partial charge in [0.1, 0.15) is 11.6 Å². The fourth-order valence-corrected chi connectivity index (χ4v) is 2.70. The van der Waals surface area contributed by atoms with Gasteiger partial charge in [-0.15, -0.1) is 0 Å². The third kappa shape index (κ3) is 3.50. The summed E-state index contributed by atoms with van der Waals surface area (Å²) < 4.78 is 33.2. The van der Waals surface area contributed by atoms with E-state index < -0.39 is 17.6 Å². The normalized spacial score (nSPS) is 10.8. The highest BCUT2D eigenvalue weighted by Gasteiger charge is 2.18. The molecule has 128 valence electrons. The predicted molar refractivity (Wildman–Crippen MR) is 90.3 cm³/mol. The molecule has 3 rings (SSSR count). The monoisotopic (exact) mass is 382 g/mol. The van der Waals surface area contributed by atoms with Crippen LogP contribution in [0.2, 0.25) is 10.0 Å². The van der Waals surface area contributed by atoms with Crippen LogP contribution in [0.15, 0.2) is 42.5 Å². The molecule has 0 unspecified atom stereocenters. The van der Waals surface area contributed by atoms with Gasteiger partial charge in [0.2, 0.25) is 0 Å². The average Bonchev–Trinajstić information content (AvgIpc) is 3.01. The Kier molecular flexibility index (Phi) is 4.74. The van der Waals surface area contributed by atoms with Crippen molar-refractivity contribution in [2.45, 2.75) is 0 Å². The average molecular weight is 383 g/mol. The molecule has 0 fully saturated rings. The first-order chi connectivity index (χ1) is 11.9. The lowest BCUT2D eigenvalue weighted by atomic mass is 10.1. The second-order valence-electron chi connectivity index (χ2n) is 5.07. The molecular weight excluding hydrogens is 373 g/mol. The summed E-state index contributed by atoms with van der Waals surface area (Å²) in [7, 11) is 1.22. The molecule has 0 bridgehead atoms. The van der Waals surface area contributed by atoms with Gasteiger partial charge in [-0.2, -0.15) is 5.10 Å². The van der Waals surface area contributed by atoms with Gasteiger partial charge in [-0.1, -0.05) is 23.2 Å². The number of hydrogen-bond acceptors (Lipinski definition) is 3. The third-order valence-electron chi connectivity index (χ3n) is 3.41. The van der Waals surface area contributed by atoms with Crippen LogP contribution in [0.25, 0.3) is 16.9 Å². The molecule has 8 heteroatoms. The summed E-state index contributed by atoms with van der Waals surface area (Å²) in [4.78, 5) is 11.8. The zero-order valence-electron chi connectivity index (χ0n) is 12.8. The minimum Gasteiger partial charge on any atom is -0.464 e. The number of benzene rings is 2. The second kappa shape index (κ2) is 6.82. The second-order valence-corrected chi connectivity index (χ2v) is 5.92. The van der Waals surface area contributed by atoms with Gasteiger partial charge in [-0.05, 0) is 42.5 Å². The van der Waals surface area contributed by atoms with E-state index in [0.29, 0.717) is 16.9 Å². The van der Waals surface area contributed by atoms with Crippen molar-refractivity contribution >= 4 is 29.2 Å². The van der Waals surface area contributed by atoms with Gasteiger partial charge in [-0.3, -0.25) is 0 Å². The van der Waals surface area contributed by atoms with E-state index in [1.54, 1.807) is 0 Å². The Morgan fingerprint density at radius 2 is 1.88 bits per heavy atom. The van der Waals surface area contributed by atoms with Gasteiger partial charge in [0.05, 0.1) is 23.5 Å². The molecule has 0 spiro atoms. The number of rotatable bonds is 3. The smallest absolute Gasteiger partial charge is 0.358 e. The molecule has 4 nitrogen and oxygen atoms in total. The topological polar surface area (TPSA) is 44.1 Å². The van der Waals surface area contributed by atoms with Gasteiger partial charge >= 0.3 is 5.97 Å². The van der Waals surface area contributed by atoms with Crippen LogP contribution < -0.4 is 0 Å². The van der Waals surface area contributed by atoms with Gasteiger partial charge in [-0.25, -0.2) is 18.3 Å². The third-order valence-corrected chi connectivity index (χ3v) is 3.92. The van der Waals surface area contributed by atoms with E-state index >= 15 is 0 Å². The highest BCUT2D eigenvalue weighted by atomic mass is 35.5. The molecular formula is C17H10Cl2F2N2O2. The summed E-state index contributed by atoms with van der Waals surface area (Å²) in [5.74, 6) is -1.82. The lowest BCUT2D eigenvalue weighted by Gasteiger charge is -2.09. The molecule has 0 amide bonds. The first-order valence-corrected chi connectivity index (χ1v) is 7.75. The molecule has 3 aromatic rings. The van der Waals surface area contributed by atoms with Crippen LogP contribution in [-0.2, 0) is 4.74 Å². The van der Waals surface area contributed by atoms with Crippen LogP contribution in [0.4, 0.5) is 8.78 Å². The Hall–Kier alpha value is -2.44. The first-order valence-electron chi connectivity index (χ1n) is 6.99. The maximum atomic E-state index is 13.7. The lowest BCUT2D eigenvalue weighted by molar-refractivity contribution is 0.0593. The summed E-state index contributed by atoms with van der Waals surface area (Å²) >= 11 is 11.7. The van der Waals surface area contributed by atoms with E-state index in [2.05, 4.69) is 9.84 Å². The van der Waals surface area contributed by atoms with Crippen LogP contribution in [0.5, 0.6) is 0 Å². The van der Waals surface area contributed by atoms with Crippen LogP contribution in [0.3, 0.4) is 0 Å². The molecule has 0 radical (unpaired) electrons. The molecule has 1 heterocycles. The lowest BCUT2D eigenvalue weighted by Crippen LogP contribution is -2.04. The van der Waals surface area contributed by atoms with Crippen molar-refractivity contribution in [1.29, 1.82) is 0 Å². The number of halogens is 4. The minimum atomic E-state index is -0.671. The number of carbonyl (C=O) groups is 1.